The van der Waals surface area contributed by atoms with E-state index < -0.39 is 7.26 Å². The second kappa shape index (κ2) is 6.73. The molecule has 0 saturated heterocycles. The molecule has 0 amide bonds. The van der Waals surface area contributed by atoms with Gasteiger partial charge in [-0.15, -0.1) is 0 Å². The lowest BCUT2D eigenvalue weighted by atomic mass is 10.4. The average Bonchev–Trinajstić information content (AvgIpc) is 2.62. The first-order valence-corrected chi connectivity index (χ1v) is 9.51. The van der Waals surface area contributed by atoms with Crippen molar-refractivity contribution in [2.24, 2.45) is 0 Å². The zero-order valence-corrected chi connectivity index (χ0v) is 13.5. The molecule has 3 rings (SSSR count). The number of benzene rings is 3. The molecule has 0 aliphatic rings. The molecule has 0 atom stereocenters. The summed E-state index contributed by atoms with van der Waals surface area (Å²) in [7, 11) is -1.67. The van der Waals surface area contributed by atoms with E-state index in [2.05, 4.69) is 104 Å². The third-order valence-corrected chi connectivity index (χ3v) is 8.34. The Labute approximate surface area is 133 Å². The summed E-state index contributed by atoms with van der Waals surface area (Å²) in [5.74, 6) is 0. The molecule has 1 heteroatoms. The van der Waals surface area contributed by atoms with Gasteiger partial charge in [-0.25, -0.2) is 0 Å². The monoisotopic (exact) mass is 303 g/mol. The van der Waals surface area contributed by atoms with E-state index in [1.807, 2.05) is 0 Å². The van der Waals surface area contributed by atoms with Crippen molar-refractivity contribution < 1.29 is 0 Å². The molecule has 0 radical (unpaired) electrons. The molecule has 0 bridgehead atoms. The summed E-state index contributed by atoms with van der Waals surface area (Å²) >= 11 is 0. The standard InChI is InChI=1S/C21H20P/c1-2-18-22(19-12-6-3-7-13-19,20-14-8-4-9-15-20)21-16-10-5-11-17-21/h2-17H,1,18H2/q+1. The van der Waals surface area contributed by atoms with Crippen LogP contribution in [0.15, 0.2) is 104 Å². The van der Waals surface area contributed by atoms with Crippen LogP contribution in [-0.2, 0) is 0 Å². The lowest BCUT2D eigenvalue weighted by Gasteiger charge is -2.26. The van der Waals surface area contributed by atoms with E-state index in [0.29, 0.717) is 0 Å². The van der Waals surface area contributed by atoms with E-state index >= 15 is 0 Å². The topological polar surface area (TPSA) is 0 Å². The SMILES string of the molecule is C=CC[P+](c1ccccc1)(c1ccccc1)c1ccccc1. The summed E-state index contributed by atoms with van der Waals surface area (Å²) in [4.78, 5) is 0. The largest absolute Gasteiger partial charge is 0.115 e. The second-order valence-electron chi connectivity index (χ2n) is 5.29. The zero-order valence-electron chi connectivity index (χ0n) is 12.6. The van der Waals surface area contributed by atoms with Gasteiger partial charge in [0.1, 0.15) is 23.2 Å². The fourth-order valence-corrected chi connectivity index (χ4v) is 6.96. The first kappa shape index (κ1) is 14.8. The van der Waals surface area contributed by atoms with Gasteiger partial charge in [-0.1, -0.05) is 67.3 Å². The first-order chi connectivity index (χ1) is 10.9. The Hall–Kier alpha value is -2.17. The molecular formula is C21H20P+. The van der Waals surface area contributed by atoms with Crippen LogP contribution in [0.1, 0.15) is 0 Å². The van der Waals surface area contributed by atoms with Gasteiger partial charge in [0.05, 0.1) is 6.16 Å². The maximum atomic E-state index is 4.05. The molecule has 0 aliphatic heterocycles. The Bertz CT molecular complexity index is 621. The van der Waals surface area contributed by atoms with Gasteiger partial charge in [0, 0.05) is 0 Å². The molecule has 3 aromatic carbocycles. The molecule has 0 saturated carbocycles. The highest BCUT2D eigenvalue weighted by Crippen LogP contribution is 2.55. The van der Waals surface area contributed by atoms with Crippen LogP contribution in [0.5, 0.6) is 0 Å². The van der Waals surface area contributed by atoms with E-state index in [1.54, 1.807) is 0 Å². The van der Waals surface area contributed by atoms with Gasteiger partial charge in [-0.2, -0.15) is 0 Å². The van der Waals surface area contributed by atoms with E-state index in [4.69, 9.17) is 0 Å². The summed E-state index contributed by atoms with van der Waals surface area (Å²) in [6.45, 7) is 4.05. The highest BCUT2D eigenvalue weighted by atomic mass is 31.2. The molecule has 0 unspecified atom stereocenters. The summed E-state index contributed by atoms with van der Waals surface area (Å²) in [5, 5.41) is 4.23. The van der Waals surface area contributed by atoms with Crippen LogP contribution in [-0.4, -0.2) is 6.16 Å². The predicted octanol–water partition coefficient (Wildman–Crippen LogP) is 4.17. The van der Waals surface area contributed by atoms with Gasteiger partial charge in [-0.3, -0.25) is 0 Å². The highest BCUT2D eigenvalue weighted by molar-refractivity contribution is 7.95. The quantitative estimate of drug-likeness (QED) is 0.490. The summed E-state index contributed by atoms with van der Waals surface area (Å²) in [5.41, 5.74) is 0. The number of hydrogen-bond acceptors (Lipinski definition) is 0. The van der Waals surface area contributed by atoms with Crippen LogP contribution in [0.25, 0.3) is 0 Å². The maximum Gasteiger partial charge on any atom is 0.115 e. The van der Waals surface area contributed by atoms with E-state index in [1.165, 1.54) is 15.9 Å². The smallest absolute Gasteiger partial charge is 0.0995 e. The third kappa shape index (κ3) is 2.63. The van der Waals surface area contributed by atoms with Gasteiger partial charge in [0.25, 0.3) is 0 Å². The minimum atomic E-state index is -1.67. The Kier molecular flexibility index (Phi) is 4.51. The summed E-state index contributed by atoms with van der Waals surface area (Å²) in [6, 6.07) is 32.7. The van der Waals surface area contributed by atoms with Crippen molar-refractivity contribution in [3.8, 4) is 0 Å². The molecule has 3 aromatic rings. The molecule has 22 heavy (non-hydrogen) atoms. The van der Waals surface area contributed by atoms with Crippen LogP contribution in [0, 0.1) is 0 Å². The second-order valence-corrected chi connectivity index (χ2v) is 8.82. The van der Waals surface area contributed by atoms with Crippen molar-refractivity contribution >= 4 is 23.2 Å². The minimum Gasteiger partial charge on any atom is -0.0995 e. The van der Waals surface area contributed by atoms with Crippen molar-refractivity contribution in [2.45, 2.75) is 0 Å². The molecule has 0 aliphatic carbocycles. The number of rotatable bonds is 5. The first-order valence-electron chi connectivity index (χ1n) is 7.54. The van der Waals surface area contributed by atoms with Gasteiger partial charge in [0.15, 0.2) is 0 Å². The van der Waals surface area contributed by atoms with Gasteiger partial charge in [0.2, 0.25) is 0 Å². The van der Waals surface area contributed by atoms with E-state index in [-0.39, 0.29) is 0 Å². The molecule has 0 heterocycles. The highest BCUT2D eigenvalue weighted by Gasteiger charge is 2.43. The van der Waals surface area contributed by atoms with E-state index in [0.717, 1.165) is 6.16 Å². The average molecular weight is 303 g/mol. The Balaban J connectivity index is 2.31. The molecular weight excluding hydrogens is 283 g/mol. The molecule has 0 N–H and O–H groups in total. The van der Waals surface area contributed by atoms with Crippen molar-refractivity contribution in [2.75, 3.05) is 6.16 Å². The van der Waals surface area contributed by atoms with Gasteiger partial charge < -0.3 is 0 Å². The Morgan fingerprint density at radius 3 is 1.18 bits per heavy atom. The van der Waals surface area contributed by atoms with Crippen molar-refractivity contribution in [1.29, 1.82) is 0 Å². The van der Waals surface area contributed by atoms with Crippen LogP contribution in [0.4, 0.5) is 0 Å². The minimum absolute atomic E-state index is 0.977. The summed E-state index contributed by atoms with van der Waals surface area (Å²) < 4.78 is 0. The number of hydrogen-bond donors (Lipinski definition) is 0. The van der Waals surface area contributed by atoms with Gasteiger partial charge >= 0.3 is 0 Å². The fraction of sp³-hybridized carbons (Fsp3) is 0.0476. The fourth-order valence-electron chi connectivity index (χ4n) is 3.00. The third-order valence-electron chi connectivity index (χ3n) is 3.99. The van der Waals surface area contributed by atoms with Crippen LogP contribution < -0.4 is 15.9 Å². The van der Waals surface area contributed by atoms with Crippen molar-refractivity contribution in [1.82, 2.24) is 0 Å². The molecule has 0 spiro atoms. The van der Waals surface area contributed by atoms with Crippen LogP contribution in [0.3, 0.4) is 0 Å². The van der Waals surface area contributed by atoms with Gasteiger partial charge in [-0.05, 0) is 36.4 Å². The molecule has 0 nitrogen and oxygen atoms in total. The van der Waals surface area contributed by atoms with Crippen LogP contribution in [0.2, 0.25) is 0 Å². The Morgan fingerprint density at radius 1 is 0.591 bits per heavy atom. The van der Waals surface area contributed by atoms with Crippen LogP contribution >= 0.6 is 7.26 Å². The lowest BCUT2D eigenvalue weighted by Crippen LogP contribution is -2.32. The molecule has 0 fully saturated rings. The van der Waals surface area contributed by atoms with Crippen molar-refractivity contribution in [3.05, 3.63) is 104 Å². The molecule has 0 aromatic heterocycles. The maximum absolute atomic E-state index is 4.05. The predicted molar refractivity (Wildman–Crippen MR) is 100 cm³/mol. The molecule has 108 valence electrons. The lowest BCUT2D eigenvalue weighted by molar-refractivity contribution is 1.66. The summed E-state index contributed by atoms with van der Waals surface area (Å²) in [6.07, 6.45) is 3.05. The van der Waals surface area contributed by atoms with Crippen molar-refractivity contribution in [3.63, 3.8) is 0 Å². The zero-order chi connectivity index (χ0) is 15.3. The van der Waals surface area contributed by atoms with E-state index in [9.17, 15) is 0 Å². The Morgan fingerprint density at radius 2 is 0.909 bits per heavy atom. The normalized spacial score (nSPS) is 11.1. The number of allylic oxidation sites excluding steroid dienone is 1.